The van der Waals surface area contributed by atoms with E-state index in [0.717, 1.165) is 36.9 Å². The van der Waals surface area contributed by atoms with Crippen LogP contribution in [-0.4, -0.2) is 16.9 Å². The van der Waals surface area contributed by atoms with E-state index in [4.69, 9.17) is 28.9 Å². The molecule has 4 atom stereocenters. The third-order valence-electron chi connectivity index (χ3n) is 5.75. The second-order valence-corrected chi connectivity index (χ2v) is 8.40. The van der Waals surface area contributed by atoms with Gasteiger partial charge >= 0.3 is 0 Å². The molecule has 1 amide bonds. The topological polar surface area (TPSA) is 68.0 Å². The highest BCUT2D eigenvalue weighted by Gasteiger charge is 2.41. The van der Waals surface area contributed by atoms with E-state index in [1.54, 1.807) is 18.2 Å². The van der Waals surface area contributed by atoms with E-state index in [0.29, 0.717) is 15.7 Å². The first-order chi connectivity index (χ1) is 13.4. The van der Waals surface area contributed by atoms with E-state index in [1.165, 1.54) is 0 Å². The summed E-state index contributed by atoms with van der Waals surface area (Å²) in [5, 5.41) is 3.94. The van der Waals surface area contributed by atoms with Gasteiger partial charge in [-0.2, -0.15) is 0 Å². The predicted octanol–water partition coefficient (Wildman–Crippen LogP) is 5.44. The molecule has 4 unspecified atom stereocenters. The maximum absolute atomic E-state index is 13.3. The molecule has 1 aromatic carbocycles. The molecule has 0 aliphatic heterocycles. The molecule has 4 nitrogen and oxygen atoms in total. The van der Waals surface area contributed by atoms with Gasteiger partial charge < -0.3 is 11.1 Å². The molecule has 150 valence electrons. The molecule has 2 aromatic rings. The lowest BCUT2D eigenvalue weighted by Crippen LogP contribution is -2.43. The van der Waals surface area contributed by atoms with E-state index >= 15 is 0 Å². The summed E-state index contributed by atoms with van der Waals surface area (Å²) in [6.45, 7) is 4.21. The zero-order chi connectivity index (χ0) is 20.3. The van der Waals surface area contributed by atoms with Crippen molar-refractivity contribution in [2.24, 2.45) is 17.6 Å². The van der Waals surface area contributed by atoms with Crippen LogP contribution in [0.2, 0.25) is 10.0 Å². The van der Waals surface area contributed by atoms with Crippen molar-refractivity contribution in [1.29, 1.82) is 0 Å². The number of aryl methyl sites for hydroxylation is 1. The number of carbonyl (C=O) groups excluding carboxylic acids is 1. The zero-order valence-electron chi connectivity index (χ0n) is 16.3. The maximum Gasteiger partial charge on any atom is 0.228 e. The Balaban J connectivity index is 1.91. The predicted molar refractivity (Wildman–Crippen MR) is 116 cm³/mol. The highest BCUT2D eigenvalue weighted by molar-refractivity contribution is 6.42. The summed E-state index contributed by atoms with van der Waals surface area (Å²) >= 11 is 12.1. The van der Waals surface area contributed by atoms with Gasteiger partial charge in [0.25, 0.3) is 0 Å². The molecule has 0 saturated heterocycles. The number of halogens is 2. The summed E-state index contributed by atoms with van der Waals surface area (Å²) in [4.78, 5) is 17.7. The summed E-state index contributed by atoms with van der Waals surface area (Å²) in [6.07, 6.45) is 5.27. The molecule has 1 aliphatic rings. The number of rotatable bonds is 5. The second kappa shape index (κ2) is 9.25. The number of benzene rings is 1. The molecular formula is C22H27Cl2N3O. The van der Waals surface area contributed by atoms with Gasteiger partial charge in [-0.3, -0.25) is 9.78 Å². The fourth-order valence-electron chi connectivity index (χ4n) is 4.31. The highest BCUT2D eigenvalue weighted by Crippen LogP contribution is 2.43. The number of nitrogens with one attached hydrogen (secondary N) is 1. The van der Waals surface area contributed by atoms with E-state index in [9.17, 15) is 4.79 Å². The lowest BCUT2D eigenvalue weighted by atomic mass is 9.66. The van der Waals surface area contributed by atoms with Gasteiger partial charge in [0.05, 0.1) is 10.0 Å². The Bertz CT molecular complexity index is 842. The van der Waals surface area contributed by atoms with Crippen LogP contribution in [0.3, 0.4) is 0 Å². The molecule has 3 N–H and O–H groups in total. The lowest BCUT2D eigenvalue weighted by molar-refractivity contribution is -0.123. The van der Waals surface area contributed by atoms with Crippen LogP contribution >= 0.6 is 23.2 Å². The first kappa shape index (κ1) is 21.1. The average Bonchev–Trinajstić information content (AvgIpc) is 2.69. The van der Waals surface area contributed by atoms with Gasteiger partial charge in [-0.15, -0.1) is 0 Å². The Labute approximate surface area is 176 Å². The lowest BCUT2D eigenvalue weighted by Gasteiger charge is -2.40. The maximum atomic E-state index is 13.3. The monoisotopic (exact) mass is 419 g/mol. The number of nitrogens with two attached hydrogens (primary N) is 1. The minimum Gasteiger partial charge on any atom is -0.328 e. The number of hydrogen-bond acceptors (Lipinski definition) is 3. The van der Waals surface area contributed by atoms with Crippen molar-refractivity contribution in [3.05, 3.63) is 57.8 Å². The number of anilines is 1. The van der Waals surface area contributed by atoms with Crippen LogP contribution in [-0.2, 0) is 11.2 Å². The van der Waals surface area contributed by atoms with Crippen molar-refractivity contribution in [2.45, 2.75) is 51.5 Å². The first-order valence-corrected chi connectivity index (χ1v) is 10.6. The minimum atomic E-state index is -0.147. The number of hydrogen-bond donors (Lipinski definition) is 2. The van der Waals surface area contributed by atoms with Crippen molar-refractivity contribution in [3.63, 3.8) is 0 Å². The van der Waals surface area contributed by atoms with Gasteiger partial charge in [-0.25, -0.2) is 0 Å². The van der Waals surface area contributed by atoms with Crippen LogP contribution in [0, 0.1) is 11.8 Å². The Hall–Kier alpha value is -1.62. The molecule has 0 radical (unpaired) electrons. The molecular weight excluding hydrogens is 393 g/mol. The van der Waals surface area contributed by atoms with Crippen LogP contribution in [0.1, 0.15) is 50.3 Å². The van der Waals surface area contributed by atoms with Crippen molar-refractivity contribution in [3.8, 4) is 0 Å². The number of amides is 1. The van der Waals surface area contributed by atoms with Crippen LogP contribution in [0.4, 0.5) is 5.69 Å². The number of nitrogens with zero attached hydrogens (tertiary/aromatic N) is 1. The molecule has 0 spiro atoms. The summed E-state index contributed by atoms with van der Waals surface area (Å²) in [6, 6.07) is 9.40. The Morgan fingerprint density at radius 2 is 1.96 bits per heavy atom. The third kappa shape index (κ3) is 4.68. The van der Waals surface area contributed by atoms with Crippen molar-refractivity contribution in [1.82, 2.24) is 4.98 Å². The van der Waals surface area contributed by atoms with Gasteiger partial charge in [-0.1, -0.05) is 43.5 Å². The third-order valence-corrected chi connectivity index (χ3v) is 6.49. The van der Waals surface area contributed by atoms with Gasteiger partial charge in [0.15, 0.2) is 0 Å². The number of carbonyl (C=O) groups is 1. The van der Waals surface area contributed by atoms with Gasteiger partial charge in [-0.05, 0) is 67.0 Å². The number of pyridine rings is 1. The van der Waals surface area contributed by atoms with E-state index < -0.39 is 0 Å². The molecule has 1 aliphatic carbocycles. The summed E-state index contributed by atoms with van der Waals surface area (Å²) in [5.74, 6) is 0.169. The van der Waals surface area contributed by atoms with Crippen LogP contribution in [0.15, 0.2) is 36.5 Å². The largest absolute Gasteiger partial charge is 0.328 e. The van der Waals surface area contributed by atoms with E-state index in [-0.39, 0.29) is 29.7 Å². The Morgan fingerprint density at radius 1 is 1.18 bits per heavy atom. The standard InChI is InChI=1S/C22H27Cl2N3O/c1-3-13-9-15(25)11-18(14-7-8-26-16(4-2)10-14)21(13)22(28)27-17-5-6-19(23)20(24)12-17/h5-8,10,12-13,15,18,21H,3-4,9,11,25H2,1-2H3,(H,27,28). The summed E-state index contributed by atoms with van der Waals surface area (Å²) < 4.78 is 0. The van der Waals surface area contributed by atoms with Gasteiger partial charge in [0.2, 0.25) is 5.91 Å². The van der Waals surface area contributed by atoms with Crippen molar-refractivity contribution < 1.29 is 4.79 Å². The van der Waals surface area contributed by atoms with Crippen LogP contribution in [0.25, 0.3) is 0 Å². The summed E-state index contributed by atoms with van der Waals surface area (Å²) in [5.41, 5.74) is 9.21. The van der Waals surface area contributed by atoms with Crippen molar-refractivity contribution >= 4 is 34.8 Å². The molecule has 1 heterocycles. The molecule has 0 bridgehead atoms. The fraction of sp³-hybridized carbons (Fsp3) is 0.455. The quantitative estimate of drug-likeness (QED) is 0.677. The van der Waals surface area contributed by atoms with Crippen LogP contribution in [0.5, 0.6) is 0 Å². The summed E-state index contributed by atoms with van der Waals surface area (Å²) in [7, 11) is 0. The molecule has 3 rings (SSSR count). The normalized spacial score (nSPS) is 24.8. The van der Waals surface area contributed by atoms with Crippen molar-refractivity contribution in [2.75, 3.05) is 5.32 Å². The molecule has 28 heavy (non-hydrogen) atoms. The second-order valence-electron chi connectivity index (χ2n) is 7.58. The minimum absolute atomic E-state index is 0.0111. The SMILES string of the molecule is CCc1cc(C2CC(N)CC(CC)C2C(=O)Nc2ccc(Cl)c(Cl)c2)ccn1. The fourth-order valence-corrected chi connectivity index (χ4v) is 4.61. The number of aromatic nitrogens is 1. The van der Waals surface area contributed by atoms with E-state index in [2.05, 4.69) is 30.2 Å². The molecule has 6 heteroatoms. The molecule has 1 fully saturated rings. The van der Waals surface area contributed by atoms with Crippen LogP contribution < -0.4 is 11.1 Å². The highest BCUT2D eigenvalue weighted by atomic mass is 35.5. The van der Waals surface area contributed by atoms with Gasteiger partial charge in [0, 0.05) is 29.5 Å². The molecule has 1 aromatic heterocycles. The Morgan fingerprint density at radius 3 is 2.64 bits per heavy atom. The zero-order valence-corrected chi connectivity index (χ0v) is 17.8. The smallest absolute Gasteiger partial charge is 0.228 e. The first-order valence-electron chi connectivity index (χ1n) is 9.89. The Kier molecular flexibility index (Phi) is 6.97. The van der Waals surface area contributed by atoms with Gasteiger partial charge in [0.1, 0.15) is 0 Å². The average molecular weight is 420 g/mol. The van der Waals surface area contributed by atoms with E-state index in [1.807, 2.05) is 12.3 Å². The molecule has 1 saturated carbocycles.